The molecule has 3 rings (SSSR count). The van der Waals surface area contributed by atoms with Gasteiger partial charge in [0.25, 0.3) is 5.95 Å². The number of nitrogens with one attached hydrogen (secondary N) is 1. The van der Waals surface area contributed by atoms with E-state index >= 15 is 0 Å². The Kier molecular flexibility index (Phi) is 7.15. The SMILES string of the molecule is CC(C)(C)OC(=O)NCCc1nc(N2CCC(c3ccccc3OC(F)(F)F)CC2)no1. The first kappa shape index (κ1) is 23.7. The maximum absolute atomic E-state index is 12.7. The summed E-state index contributed by atoms with van der Waals surface area (Å²) in [4.78, 5) is 18.0. The van der Waals surface area contributed by atoms with Crippen molar-refractivity contribution in [1.29, 1.82) is 0 Å². The fourth-order valence-electron chi connectivity index (χ4n) is 3.49. The lowest BCUT2D eigenvalue weighted by molar-refractivity contribution is -0.275. The van der Waals surface area contributed by atoms with Gasteiger partial charge < -0.3 is 24.2 Å². The minimum Gasteiger partial charge on any atom is -0.444 e. The van der Waals surface area contributed by atoms with Gasteiger partial charge in [0.2, 0.25) is 5.89 Å². The third-order valence-electron chi connectivity index (χ3n) is 4.83. The number of amides is 1. The maximum atomic E-state index is 12.7. The van der Waals surface area contributed by atoms with Crippen LogP contribution in [0.3, 0.4) is 0 Å². The fraction of sp³-hybridized carbons (Fsp3) is 0.571. The van der Waals surface area contributed by atoms with Crippen LogP contribution in [0.5, 0.6) is 5.75 Å². The molecule has 1 N–H and O–H groups in total. The van der Waals surface area contributed by atoms with E-state index in [1.54, 1.807) is 32.9 Å². The Morgan fingerprint density at radius 1 is 1.22 bits per heavy atom. The average molecular weight is 456 g/mol. The molecule has 11 heteroatoms. The topological polar surface area (TPSA) is 89.7 Å². The van der Waals surface area contributed by atoms with E-state index in [0.29, 0.717) is 49.8 Å². The lowest BCUT2D eigenvalue weighted by atomic mass is 9.89. The number of benzene rings is 1. The normalized spacial score (nSPS) is 15.5. The zero-order chi connectivity index (χ0) is 23.4. The van der Waals surface area contributed by atoms with E-state index < -0.39 is 18.1 Å². The lowest BCUT2D eigenvalue weighted by Gasteiger charge is -2.31. The minimum absolute atomic E-state index is 0.0609. The molecule has 176 valence electrons. The predicted molar refractivity (Wildman–Crippen MR) is 110 cm³/mol. The van der Waals surface area contributed by atoms with Crippen molar-refractivity contribution in [1.82, 2.24) is 15.5 Å². The molecule has 0 unspecified atom stereocenters. The Hall–Kier alpha value is -2.98. The molecule has 1 saturated heterocycles. The first-order valence-electron chi connectivity index (χ1n) is 10.4. The molecule has 0 saturated carbocycles. The molecule has 1 aromatic heterocycles. The van der Waals surface area contributed by atoms with Crippen molar-refractivity contribution >= 4 is 12.0 Å². The standard InChI is InChI=1S/C21H27F3N4O4/c1-20(2,3)31-19(29)25-11-8-17-26-18(27-32-17)28-12-9-14(10-13-28)15-6-4-5-7-16(15)30-21(22,23)24/h4-7,14H,8-13H2,1-3H3,(H,25,29). The molecule has 1 amide bonds. The Morgan fingerprint density at radius 3 is 2.56 bits per heavy atom. The zero-order valence-electron chi connectivity index (χ0n) is 18.2. The quantitative estimate of drug-likeness (QED) is 0.688. The van der Waals surface area contributed by atoms with Crippen molar-refractivity contribution < 1.29 is 32.0 Å². The van der Waals surface area contributed by atoms with E-state index in [1.165, 1.54) is 12.1 Å². The number of nitrogens with zero attached hydrogens (tertiary/aromatic N) is 3. The van der Waals surface area contributed by atoms with Crippen molar-refractivity contribution in [2.24, 2.45) is 0 Å². The Morgan fingerprint density at radius 2 is 1.91 bits per heavy atom. The van der Waals surface area contributed by atoms with Gasteiger partial charge in [0.1, 0.15) is 11.4 Å². The van der Waals surface area contributed by atoms with Crippen molar-refractivity contribution in [2.75, 3.05) is 24.5 Å². The Balaban J connectivity index is 1.50. The smallest absolute Gasteiger partial charge is 0.444 e. The van der Waals surface area contributed by atoms with E-state index in [4.69, 9.17) is 9.26 Å². The third kappa shape index (κ3) is 7.03. The number of carbonyl (C=O) groups excluding carboxylic acids is 1. The van der Waals surface area contributed by atoms with E-state index in [2.05, 4.69) is 20.2 Å². The summed E-state index contributed by atoms with van der Waals surface area (Å²) in [5, 5.41) is 6.61. The monoisotopic (exact) mass is 456 g/mol. The number of aromatic nitrogens is 2. The number of ether oxygens (including phenoxy) is 2. The van der Waals surface area contributed by atoms with Crippen LogP contribution >= 0.6 is 0 Å². The molecule has 32 heavy (non-hydrogen) atoms. The number of alkyl carbamates (subject to hydrolysis) is 1. The number of rotatable bonds is 6. The molecule has 1 aliphatic rings. The van der Waals surface area contributed by atoms with Crippen LogP contribution in [0.25, 0.3) is 0 Å². The number of halogens is 3. The Labute approximate surface area is 184 Å². The second-order valence-electron chi connectivity index (χ2n) is 8.51. The molecule has 0 aliphatic carbocycles. The average Bonchev–Trinajstić information content (AvgIpc) is 3.15. The van der Waals surface area contributed by atoms with Crippen LogP contribution < -0.4 is 15.0 Å². The number of carbonyl (C=O) groups is 1. The first-order chi connectivity index (χ1) is 15.0. The molecular formula is C21H27F3N4O4. The second kappa shape index (κ2) is 9.66. The molecule has 0 atom stereocenters. The maximum Gasteiger partial charge on any atom is 0.573 e. The number of para-hydroxylation sites is 1. The van der Waals surface area contributed by atoms with Gasteiger partial charge in [-0.1, -0.05) is 18.2 Å². The second-order valence-corrected chi connectivity index (χ2v) is 8.51. The summed E-state index contributed by atoms with van der Waals surface area (Å²) in [7, 11) is 0. The van der Waals surface area contributed by atoms with E-state index in [1.807, 2.05) is 4.90 Å². The number of hydrogen-bond acceptors (Lipinski definition) is 7. The number of alkyl halides is 3. The van der Waals surface area contributed by atoms with Gasteiger partial charge in [-0.25, -0.2) is 4.79 Å². The van der Waals surface area contributed by atoms with Gasteiger partial charge in [0.05, 0.1) is 0 Å². The minimum atomic E-state index is -4.73. The van der Waals surface area contributed by atoms with Crippen LogP contribution in [-0.2, 0) is 11.2 Å². The largest absolute Gasteiger partial charge is 0.573 e. The molecule has 2 heterocycles. The first-order valence-corrected chi connectivity index (χ1v) is 10.4. The molecule has 1 aliphatic heterocycles. The predicted octanol–water partition coefficient (Wildman–Crippen LogP) is 4.42. The highest BCUT2D eigenvalue weighted by Gasteiger charge is 2.33. The lowest BCUT2D eigenvalue weighted by Crippen LogP contribution is -2.34. The fourth-order valence-corrected chi connectivity index (χ4v) is 3.49. The van der Waals surface area contributed by atoms with Gasteiger partial charge in [0.15, 0.2) is 0 Å². The molecule has 1 fully saturated rings. The van der Waals surface area contributed by atoms with Crippen LogP contribution in [-0.4, -0.2) is 47.8 Å². The van der Waals surface area contributed by atoms with Crippen LogP contribution in [0, 0.1) is 0 Å². The highest BCUT2D eigenvalue weighted by molar-refractivity contribution is 5.67. The molecule has 0 spiro atoms. The number of hydrogen-bond donors (Lipinski definition) is 1. The van der Waals surface area contributed by atoms with Crippen LogP contribution in [0.15, 0.2) is 28.8 Å². The van der Waals surface area contributed by atoms with Crippen LogP contribution in [0.1, 0.15) is 51.0 Å². The van der Waals surface area contributed by atoms with Gasteiger partial charge in [-0.15, -0.1) is 13.2 Å². The van der Waals surface area contributed by atoms with E-state index in [-0.39, 0.29) is 18.2 Å². The zero-order valence-corrected chi connectivity index (χ0v) is 18.2. The number of piperidine rings is 1. The summed E-state index contributed by atoms with van der Waals surface area (Å²) >= 11 is 0. The molecular weight excluding hydrogens is 429 g/mol. The molecule has 1 aromatic carbocycles. The van der Waals surface area contributed by atoms with Crippen molar-refractivity contribution in [2.45, 2.75) is 57.9 Å². The molecule has 8 nitrogen and oxygen atoms in total. The third-order valence-corrected chi connectivity index (χ3v) is 4.83. The molecule has 0 radical (unpaired) electrons. The molecule has 2 aromatic rings. The van der Waals surface area contributed by atoms with Crippen LogP contribution in [0.2, 0.25) is 0 Å². The summed E-state index contributed by atoms with van der Waals surface area (Å²) in [6.45, 7) is 6.76. The van der Waals surface area contributed by atoms with Gasteiger partial charge >= 0.3 is 12.5 Å². The van der Waals surface area contributed by atoms with E-state index in [9.17, 15) is 18.0 Å². The highest BCUT2D eigenvalue weighted by atomic mass is 19.4. The van der Waals surface area contributed by atoms with Crippen molar-refractivity contribution in [3.8, 4) is 5.75 Å². The van der Waals surface area contributed by atoms with E-state index in [0.717, 1.165) is 0 Å². The summed E-state index contributed by atoms with van der Waals surface area (Å²) in [5.41, 5.74) is -0.0285. The van der Waals surface area contributed by atoms with Gasteiger partial charge in [0, 0.05) is 26.1 Å². The summed E-state index contributed by atoms with van der Waals surface area (Å²) < 4.78 is 52.7. The van der Waals surface area contributed by atoms with Gasteiger partial charge in [-0.05, 0) is 56.3 Å². The number of anilines is 1. The van der Waals surface area contributed by atoms with Crippen molar-refractivity contribution in [3.63, 3.8) is 0 Å². The highest BCUT2D eigenvalue weighted by Crippen LogP contribution is 2.37. The Bertz CT molecular complexity index is 903. The summed E-state index contributed by atoms with van der Waals surface area (Å²) in [5.74, 6) is 0.588. The van der Waals surface area contributed by atoms with Crippen molar-refractivity contribution in [3.05, 3.63) is 35.7 Å². The molecule has 0 bridgehead atoms. The van der Waals surface area contributed by atoms with Crippen LogP contribution in [0.4, 0.5) is 23.9 Å². The summed E-state index contributed by atoms with van der Waals surface area (Å²) in [6, 6.07) is 6.25. The van der Waals surface area contributed by atoms with Gasteiger partial charge in [-0.3, -0.25) is 0 Å². The van der Waals surface area contributed by atoms with Gasteiger partial charge in [-0.2, -0.15) is 4.98 Å². The summed E-state index contributed by atoms with van der Waals surface area (Å²) in [6.07, 6.45) is -3.64.